The fourth-order valence-electron chi connectivity index (χ4n) is 2.46. The Morgan fingerprint density at radius 3 is 2.63 bits per heavy atom. The molecule has 1 saturated heterocycles. The van der Waals surface area contributed by atoms with E-state index in [0.29, 0.717) is 12.6 Å². The van der Waals surface area contributed by atoms with E-state index >= 15 is 0 Å². The van der Waals surface area contributed by atoms with Crippen LogP contribution >= 0.6 is 0 Å². The lowest BCUT2D eigenvalue weighted by Gasteiger charge is -2.28. The summed E-state index contributed by atoms with van der Waals surface area (Å²) < 4.78 is 11.1. The molecular formula is C16H25NO2. The molecule has 0 radical (unpaired) electrons. The van der Waals surface area contributed by atoms with Crippen LogP contribution in [0.5, 0.6) is 0 Å². The molecule has 1 fully saturated rings. The summed E-state index contributed by atoms with van der Waals surface area (Å²) in [6, 6.07) is 9.16. The van der Waals surface area contributed by atoms with Crippen molar-refractivity contribution in [3.8, 4) is 0 Å². The van der Waals surface area contributed by atoms with Crippen molar-refractivity contribution in [3.05, 3.63) is 35.4 Å². The van der Waals surface area contributed by atoms with Gasteiger partial charge in [-0.05, 0) is 24.5 Å². The van der Waals surface area contributed by atoms with E-state index in [2.05, 4.69) is 43.4 Å². The first kappa shape index (κ1) is 14.5. The fraction of sp³-hybridized carbons (Fsp3) is 0.625. The molecule has 0 bridgehead atoms. The average Bonchev–Trinajstić information content (AvgIpc) is 2.94. The maximum absolute atomic E-state index is 5.63. The fourth-order valence-corrected chi connectivity index (χ4v) is 2.46. The van der Waals surface area contributed by atoms with Crippen molar-refractivity contribution in [1.82, 2.24) is 5.32 Å². The standard InChI is InChI=1S/C16H25NO2/c1-4-14-5-7-15(8-6-14)13(2)17-11-16(18-3)9-10-19-12-16/h5-8,13,17H,4,9-12H2,1-3H3. The van der Waals surface area contributed by atoms with Gasteiger partial charge in [0.25, 0.3) is 0 Å². The largest absolute Gasteiger partial charge is 0.378 e. The van der Waals surface area contributed by atoms with E-state index in [-0.39, 0.29) is 5.60 Å². The van der Waals surface area contributed by atoms with Crippen molar-refractivity contribution < 1.29 is 9.47 Å². The molecule has 1 N–H and O–H groups in total. The molecule has 3 heteroatoms. The molecule has 0 aromatic heterocycles. The van der Waals surface area contributed by atoms with Crippen LogP contribution in [0.2, 0.25) is 0 Å². The van der Waals surface area contributed by atoms with Gasteiger partial charge in [-0.3, -0.25) is 0 Å². The van der Waals surface area contributed by atoms with Gasteiger partial charge in [-0.15, -0.1) is 0 Å². The number of hydrogen-bond acceptors (Lipinski definition) is 3. The van der Waals surface area contributed by atoms with Crippen LogP contribution in [0.3, 0.4) is 0 Å². The number of hydrogen-bond donors (Lipinski definition) is 1. The molecule has 2 rings (SSSR count). The molecule has 2 atom stereocenters. The van der Waals surface area contributed by atoms with Gasteiger partial charge >= 0.3 is 0 Å². The Balaban J connectivity index is 1.91. The molecule has 1 aromatic rings. The van der Waals surface area contributed by atoms with E-state index in [9.17, 15) is 0 Å². The molecule has 3 nitrogen and oxygen atoms in total. The summed E-state index contributed by atoms with van der Waals surface area (Å²) in [5.74, 6) is 0. The first-order chi connectivity index (χ1) is 9.19. The lowest BCUT2D eigenvalue weighted by Crippen LogP contribution is -2.43. The zero-order chi connectivity index (χ0) is 13.7. The zero-order valence-electron chi connectivity index (χ0n) is 12.2. The highest BCUT2D eigenvalue weighted by molar-refractivity contribution is 5.24. The number of methoxy groups -OCH3 is 1. The van der Waals surface area contributed by atoms with Gasteiger partial charge in [-0.25, -0.2) is 0 Å². The zero-order valence-corrected chi connectivity index (χ0v) is 12.2. The molecule has 1 aliphatic heterocycles. The van der Waals surface area contributed by atoms with Gasteiger partial charge in [0.05, 0.1) is 6.61 Å². The highest BCUT2D eigenvalue weighted by Crippen LogP contribution is 2.23. The molecule has 1 heterocycles. The Labute approximate surface area is 116 Å². The smallest absolute Gasteiger partial charge is 0.106 e. The Bertz CT molecular complexity index is 382. The van der Waals surface area contributed by atoms with Gasteiger partial charge in [-0.2, -0.15) is 0 Å². The molecule has 0 aliphatic carbocycles. The van der Waals surface area contributed by atoms with Gasteiger partial charge in [0, 0.05) is 32.7 Å². The second-order valence-electron chi connectivity index (χ2n) is 5.39. The van der Waals surface area contributed by atoms with Gasteiger partial charge in [-0.1, -0.05) is 31.2 Å². The van der Waals surface area contributed by atoms with Crippen molar-refractivity contribution in [1.29, 1.82) is 0 Å². The summed E-state index contributed by atoms with van der Waals surface area (Å²) in [5.41, 5.74) is 2.56. The second-order valence-corrected chi connectivity index (χ2v) is 5.39. The third-order valence-electron chi connectivity index (χ3n) is 4.12. The summed E-state index contributed by atoms with van der Waals surface area (Å²) >= 11 is 0. The Kier molecular flexibility index (Phi) is 4.97. The predicted molar refractivity (Wildman–Crippen MR) is 77.4 cm³/mol. The molecule has 1 aromatic carbocycles. The van der Waals surface area contributed by atoms with E-state index in [1.807, 2.05) is 0 Å². The van der Waals surface area contributed by atoms with E-state index in [4.69, 9.17) is 9.47 Å². The van der Waals surface area contributed by atoms with E-state index in [0.717, 1.165) is 26.0 Å². The number of ether oxygens (including phenoxy) is 2. The first-order valence-electron chi connectivity index (χ1n) is 7.14. The first-order valence-corrected chi connectivity index (χ1v) is 7.14. The van der Waals surface area contributed by atoms with Crippen molar-refractivity contribution in [3.63, 3.8) is 0 Å². The Morgan fingerprint density at radius 2 is 2.11 bits per heavy atom. The van der Waals surface area contributed by atoms with Crippen molar-refractivity contribution in [2.24, 2.45) is 0 Å². The summed E-state index contributed by atoms with van der Waals surface area (Å²) in [6.45, 7) is 6.70. The molecule has 19 heavy (non-hydrogen) atoms. The summed E-state index contributed by atoms with van der Waals surface area (Å²) in [7, 11) is 1.77. The lowest BCUT2D eigenvalue weighted by molar-refractivity contribution is -0.0172. The number of rotatable bonds is 6. The van der Waals surface area contributed by atoms with Crippen LogP contribution in [-0.4, -0.2) is 32.5 Å². The van der Waals surface area contributed by atoms with Crippen LogP contribution in [0, 0.1) is 0 Å². The minimum Gasteiger partial charge on any atom is -0.378 e. The van der Waals surface area contributed by atoms with E-state index < -0.39 is 0 Å². The molecule has 2 unspecified atom stereocenters. The number of nitrogens with one attached hydrogen (secondary N) is 1. The molecule has 1 aliphatic rings. The van der Waals surface area contributed by atoms with Gasteiger partial charge < -0.3 is 14.8 Å². The number of aryl methyl sites for hydroxylation is 1. The van der Waals surface area contributed by atoms with Crippen LogP contribution in [0.4, 0.5) is 0 Å². The molecule has 106 valence electrons. The van der Waals surface area contributed by atoms with Crippen LogP contribution in [0.1, 0.15) is 37.4 Å². The minimum atomic E-state index is -0.141. The van der Waals surface area contributed by atoms with Gasteiger partial charge in [0.15, 0.2) is 0 Å². The topological polar surface area (TPSA) is 30.5 Å². The van der Waals surface area contributed by atoms with Crippen LogP contribution in [0.15, 0.2) is 24.3 Å². The molecule has 0 spiro atoms. The quantitative estimate of drug-likeness (QED) is 0.856. The van der Waals surface area contributed by atoms with Gasteiger partial charge in [0.1, 0.15) is 5.60 Å². The Hall–Kier alpha value is -0.900. The summed E-state index contributed by atoms with van der Waals surface area (Å²) in [5, 5.41) is 3.57. The van der Waals surface area contributed by atoms with Crippen molar-refractivity contribution in [2.45, 2.75) is 38.3 Å². The van der Waals surface area contributed by atoms with Crippen LogP contribution in [-0.2, 0) is 15.9 Å². The monoisotopic (exact) mass is 263 g/mol. The normalized spacial score (nSPS) is 24.6. The third kappa shape index (κ3) is 3.56. The predicted octanol–water partition coefficient (Wildman–Crippen LogP) is 2.71. The lowest BCUT2D eigenvalue weighted by atomic mass is 10.0. The van der Waals surface area contributed by atoms with Crippen LogP contribution in [0.25, 0.3) is 0 Å². The average molecular weight is 263 g/mol. The van der Waals surface area contributed by atoms with E-state index in [1.165, 1.54) is 11.1 Å². The molecule has 0 saturated carbocycles. The maximum atomic E-state index is 5.63. The minimum absolute atomic E-state index is 0.141. The van der Waals surface area contributed by atoms with Gasteiger partial charge in [0.2, 0.25) is 0 Å². The third-order valence-corrected chi connectivity index (χ3v) is 4.12. The molecule has 0 amide bonds. The highest BCUT2D eigenvalue weighted by atomic mass is 16.5. The summed E-state index contributed by atoms with van der Waals surface area (Å²) in [6.07, 6.45) is 2.06. The number of benzene rings is 1. The highest BCUT2D eigenvalue weighted by Gasteiger charge is 2.34. The van der Waals surface area contributed by atoms with Crippen LogP contribution < -0.4 is 5.32 Å². The van der Waals surface area contributed by atoms with Crippen molar-refractivity contribution in [2.75, 3.05) is 26.9 Å². The van der Waals surface area contributed by atoms with Crippen molar-refractivity contribution >= 4 is 0 Å². The SMILES string of the molecule is CCc1ccc(C(C)NCC2(OC)CCOC2)cc1. The Morgan fingerprint density at radius 1 is 1.37 bits per heavy atom. The summed E-state index contributed by atoms with van der Waals surface area (Å²) in [4.78, 5) is 0. The molecular weight excluding hydrogens is 238 g/mol. The van der Waals surface area contributed by atoms with E-state index in [1.54, 1.807) is 7.11 Å². The second kappa shape index (κ2) is 6.51. The maximum Gasteiger partial charge on any atom is 0.106 e.